The van der Waals surface area contributed by atoms with E-state index in [1.54, 1.807) is 0 Å². The third kappa shape index (κ3) is 2.75. The number of halogens is 1. The average Bonchev–Trinajstić information content (AvgIpc) is 2.99. The molecule has 2 fully saturated rings. The molecule has 1 aliphatic carbocycles. The highest BCUT2D eigenvalue weighted by Crippen LogP contribution is 2.37. The van der Waals surface area contributed by atoms with Crippen molar-refractivity contribution in [1.82, 2.24) is 15.1 Å². The molecule has 2 aliphatic heterocycles. The zero-order valence-electron chi connectivity index (χ0n) is 12.8. The Labute approximate surface area is 138 Å². The van der Waals surface area contributed by atoms with Gasteiger partial charge in [0.15, 0.2) is 0 Å². The first kappa shape index (κ1) is 15.8. The molecule has 0 radical (unpaired) electrons. The molecule has 1 aromatic rings. The summed E-state index contributed by atoms with van der Waals surface area (Å²) >= 11 is 0. The Balaban J connectivity index is 0.00000144. The van der Waals surface area contributed by atoms with Crippen LogP contribution in [0.25, 0.3) is 0 Å². The minimum Gasteiger partial charge on any atom is -0.341 e. The van der Waals surface area contributed by atoms with Crippen molar-refractivity contribution in [3.05, 3.63) is 35.4 Å². The van der Waals surface area contributed by atoms with E-state index in [9.17, 15) is 4.79 Å². The van der Waals surface area contributed by atoms with E-state index < -0.39 is 0 Å². The molecule has 0 spiro atoms. The van der Waals surface area contributed by atoms with Crippen molar-refractivity contribution in [2.75, 3.05) is 39.3 Å². The fraction of sp³-hybridized carbons (Fsp3) is 0.588. The van der Waals surface area contributed by atoms with Crippen LogP contribution in [0.5, 0.6) is 0 Å². The molecule has 0 saturated carbocycles. The number of likely N-dealkylation sites (tertiary alicyclic amines) is 1. The van der Waals surface area contributed by atoms with E-state index >= 15 is 0 Å². The summed E-state index contributed by atoms with van der Waals surface area (Å²) in [6, 6.07) is 8.95. The van der Waals surface area contributed by atoms with Crippen molar-refractivity contribution < 1.29 is 4.79 Å². The molecule has 5 heteroatoms. The van der Waals surface area contributed by atoms with Gasteiger partial charge in [0.25, 0.3) is 0 Å². The summed E-state index contributed by atoms with van der Waals surface area (Å²) in [6.45, 7) is 6.28. The fourth-order valence-electron chi connectivity index (χ4n) is 3.99. The van der Waals surface area contributed by atoms with Crippen molar-refractivity contribution in [3.63, 3.8) is 0 Å². The van der Waals surface area contributed by atoms with Crippen LogP contribution in [0.2, 0.25) is 0 Å². The summed E-state index contributed by atoms with van der Waals surface area (Å²) in [5, 5.41) is 3.40. The highest BCUT2D eigenvalue weighted by Gasteiger charge is 2.38. The molecule has 2 unspecified atom stereocenters. The Morgan fingerprint density at radius 2 is 1.91 bits per heavy atom. The summed E-state index contributed by atoms with van der Waals surface area (Å²) in [4.78, 5) is 17.4. The molecule has 1 amide bonds. The minimum atomic E-state index is 0. The molecule has 22 heavy (non-hydrogen) atoms. The van der Waals surface area contributed by atoms with Gasteiger partial charge in [0.1, 0.15) is 0 Å². The number of nitrogens with one attached hydrogen (secondary N) is 1. The summed E-state index contributed by atoms with van der Waals surface area (Å²) in [6.07, 6.45) is 2.07. The maximum absolute atomic E-state index is 12.7. The second kappa shape index (κ2) is 6.57. The number of hydrogen-bond acceptors (Lipinski definition) is 3. The third-order valence-electron chi connectivity index (χ3n) is 5.30. The summed E-state index contributed by atoms with van der Waals surface area (Å²) < 4.78 is 0. The zero-order valence-corrected chi connectivity index (χ0v) is 13.6. The molecule has 0 aromatic heterocycles. The lowest BCUT2D eigenvalue weighted by molar-refractivity contribution is -0.132. The number of carbonyl (C=O) groups is 1. The number of fused-ring (bicyclic) bond motifs is 1. The average molecular weight is 322 g/mol. The van der Waals surface area contributed by atoms with Crippen LogP contribution in [0.1, 0.15) is 23.5 Å². The van der Waals surface area contributed by atoms with Gasteiger partial charge in [-0.1, -0.05) is 24.3 Å². The van der Waals surface area contributed by atoms with Crippen LogP contribution in [0.15, 0.2) is 24.3 Å². The Kier molecular flexibility index (Phi) is 4.71. The van der Waals surface area contributed by atoms with Gasteiger partial charge in [-0.3, -0.25) is 9.69 Å². The highest BCUT2D eigenvalue weighted by molar-refractivity contribution is 5.87. The van der Waals surface area contributed by atoms with Gasteiger partial charge in [0.05, 0.1) is 5.92 Å². The molecule has 4 nitrogen and oxygen atoms in total. The van der Waals surface area contributed by atoms with Crippen LogP contribution in [-0.2, 0) is 11.2 Å². The molecule has 1 N–H and O–H groups in total. The van der Waals surface area contributed by atoms with Gasteiger partial charge in [-0.05, 0) is 24.0 Å². The number of nitrogens with zero attached hydrogens (tertiary/aromatic N) is 2. The van der Waals surface area contributed by atoms with Gasteiger partial charge in [-0.25, -0.2) is 0 Å². The van der Waals surface area contributed by atoms with Gasteiger partial charge >= 0.3 is 0 Å². The molecular formula is C17H24ClN3O. The largest absolute Gasteiger partial charge is 0.341 e. The Bertz CT molecular complexity index is 544. The van der Waals surface area contributed by atoms with Crippen molar-refractivity contribution >= 4 is 18.3 Å². The molecule has 1 aromatic carbocycles. The van der Waals surface area contributed by atoms with Crippen LogP contribution < -0.4 is 5.32 Å². The van der Waals surface area contributed by atoms with Gasteiger partial charge in [0.2, 0.25) is 5.91 Å². The van der Waals surface area contributed by atoms with E-state index in [-0.39, 0.29) is 18.3 Å². The molecule has 2 atom stereocenters. The summed E-state index contributed by atoms with van der Waals surface area (Å²) in [5.74, 6) is 0.481. The van der Waals surface area contributed by atoms with Crippen LogP contribution in [0.4, 0.5) is 0 Å². The van der Waals surface area contributed by atoms with Crippen LogP contribution in [0.3, 0.4) is 0 Å². The maximum atomic E-state index is 12.7. The number of piperazine rings is 1. The summed E-state index contributed by atoms with van der Waals surface area (Å²) in [5.41, 5.74) is 2.61. The number of hydrogen-bond donors (Lipinski definition) is 1. The van der Waals surface area contributed by atoms with Crippen molar-refractivity contribution in [3.8, 4) is 0 Å². The predicted octanol–water partition coefficient (Wildman–Crippen LogP) is 1.25. The lowest BCUT2D eigenvalue weighted by Gasteiger charge is -2.34. The van der Waals surface area contributed by atoms with E-state index in [4.69, 9.17) is 0 Å². The van der Waals surface area contributed by atoms with E-state index in [0.717, 1.165) is 52.1 Å². The van der Waals surface area contributed by atoms with E-state index in [1.807, 2.05) is 6.07 Å². The second-order valence-electron chi connectivity index (χ2n) is 6.47. The van der Waals surface area contributed by atoms with Crippen molar-refractivity contribution in [1.29, 1.82) is 0 Å². The predicted molar refractivity (Wildman–Crippen MR) is 89.6 cm³/mol. The first-order chi connectivity index (χ1) is 10.3. The van der Waals surface area contributed by atoms with E-state index in [1.165, 1.54) is 11.1 Å². The van der Waals surface area contributed by atoms with E-state index in [2.05, 4.69) is 33.3 Å². The number of amides is 1. The quantitative estimate of drug-likeness (QED) is 0.890. The molecule has 0 bridgehead atoms. The lowest BCUT2D eigenvalue weighted by atomic mass is 9.77. The van der Waals surface area contributed by atoms with Gasteiger partial charge < -0.3 is 10.2 Å². The molecule has 2 heterocycles. The van der Waals surface area contributed by atoms with Crippen molar-refractivity contribution in [2.45, 2.75) is 24.8 Å². The zero-order chi connectivity index (χ0) is 14.2. The Morgan fingerprint density at radius 1 is 1.14 bits per heavy atom. The highest BCUT2D eigenvalue weighted by atomic mass is 35.5. The standard InChI is InChI=1S/C17H23N3O.ClH/c21-17(16-11-13-3-1-2-4-15(13)16)20-8-5-14(12-20)19-9-6-18-7-10-19;/h1-4,14,16,18H,5-12H2;1H. The van der Waals surface area contributed by atoms with Crippen LogP contribution >= 0.6 is 12.4 Å². The molecule has 120 valence electrons. The van der Waals surface area contributed by atoms with Crippen molar-refractivity contribution in [2.24, 2.45) is 0 Å². The maximum Gasteiger partial charge on any atom is 0.230 e. The SMILES string of the molecule is Cl.O=C(C1Cc2ccccc21)N1CCC(N2CCNCC2)C1. The molecule has 3 aliphatic rings. The minimum absolute atomic E-state index is 0. The number of carbonyl (C=O) groups excluding carboxylic acids is 1. The first-order valence-electron chi connectivity index (χ1n) is 8.14. The molecule has 4 rings (SSSR count). The number of benzene rings is 1. The molecule has 2 saturated heterocycles. The van der Waals surface area contributed by atoms with E-state index in [0.29, 0.717) is 11.9 Å². The topological polar surface area (TPSA) is 35.6 Å². The Hall–Kier alpha value is -1.10. The smallest absolute Gasteiger partial charge is 0.230 e. The molecular weight excluding hydrogens is 298 g/mol. The lowest BCUT2D eigenvalue weighted by Crippen LogP contribution is -2.49. The first-order valence-corrected chi connectivity index (χ1v) is 8.14. The normalized spacial score (nSPS) is 27.7. The Morgan fingerprint density at radius 3 is 2.68 bits per heavy atom. The summed E-state index contributed by atoms with van der Waals surface area (Å²) in [7, 11) is 0. The fourth-order valence-corrected chi connectivity index (χ4v) is 3.99. The number of rotatable bonds is 2. The van der Waals surface area contributed by atoms with Crippen LogP contribution in [0, 0.1) is 0 Å². The third-order valence-corrected chi connectivity index (χ3v) is 5.30. The van der Waals surface area contributed by atoms with Gasteiger partial charge in [0, 0.05) is 45.3 Å². The second-order valence-corrected chi connectivity index (χ2v) is 6.47. The van der Waals surface area contributed by atoms with Gasteiger partial charge in [-0.2, -0.15) is 0 Å². The monoisotopic (exact) mass is 321 g/mol. The van der Waals surface area contributed by atoms with Crippen LogP contribution in [-0.4, -0.2) is 61.0 Å². The van der Waals surface area contributed by atoms with Gasteiger partial charge in [-0.15, -0.1) is 12.4 Å².